The molecule has 4 rings (SSSR count). The van der Waals surface area contributed by atoms with Gasteiger partial charge in [-0.1, -0.05) is 35.5 Å². The van der Waals surface area contributed by atoms with E-state index in [1.165, 1.54) is 11.8 Å². The van der Waals surface area contributed by atoms with Crippen molar-refractivity contribution in [1.82, 2.24) is 4.90 Å². The second kappa shape index (κ2) is 12.9. The molecule has 2 amide bonds. The zero-order chi connectivity index (χ0) is 27.9. The summed E-state index contributed by atoms with van der Waals surface area (Å²) in [4.78, 5) is 32.9. The summed E-state index contributed by atoms with van der Waals surface area (Å²) in [6.07, 6.45) is 0.608. The van der Waals surface area contributed by atoms with Crippen molar-refractivity contribution in [2.75, 3.05) is 33.2 Å². The minimum absolute atomic E-state index is 0.0453. The fraction of sp³-hybridized carbons (Fsp3) is 0.276. The van der Waals surface area contributed by atoms with Gasteiger partial charge in [0.05, 0.1) is 27.0 Å². The molecule has 3 aromatic carbocycles. The van der Waals surface area contributed by atoms with Crippen LogP contribution in [0, 0.1) is 6.92 Å². The third kappa shape index (κ3) is 7.04. The van der Waals surface area contributed by atoms with Gasteiger partial charge in [-0.25, -0.2) is 4.99 Å². The number of carbonyl (C=O) groups excluding carboxylic acids is 2. The summed E-state index contributed by atoms with van der Waals surface area (Å²) >= 11 is 7.49. The van der Waals surface area contributed by atoms with E-state index in [0.717, 1.165) is 11.1 Å². The van der Waals surface area contributed by atoms with Crippen molar-refractivity contribution in [1.29, 1.82) is 0 Å². The topological polar surface area (TPSA) is 89.5 Å². The summed E-state index contributed by atoms with van der Waals surface area (Å²) in [6, 6.07) is 18.2. The first-order chi connectivity index (χ1) is 18.8. The maximum Gasteiger partial charge on any atom is 0.238 e. The van der Waals surface area contributed by atoms with Gasteiger partial charge >= 0.3 is 0 Å². The SMILES string of the molecule is COc1ccc(N=C2S[C@@H](C(=O)Nc3ccc(C)c(Cl)c3)CC(=O)N2CCc2ccc(OC)c(OC)c2)cc1. The van der Waals surface area contributed by atoms with Crippen molar-refractivity contribution in [2.24, 2.45) is 4.99 Å². The summed E-state index contributed by atoms with van der Waals surface area (Å²) in [5, 5.41) is 3.25. The van der Waals surface area contributed by atoms with Crippen LogP contribution in [0.3, 0.4) is 0 Å². The van der Waals surface area contributed by atoms with Gasteiger partial charge in [0.25, 0.3) is 0 Å². The highest BCUT2D eigenvalue weighted by Crippen LogP contribution is 2.32. The molecule has 0 aromatic heterocycles. The van der Waals surface area contributed by atoms with Gasteiger partial charge in [-0.2, -0.15) is 0 Å². The Labute approximate surface area is 237 Å². The number of amides is 2. The third-order valence-corrected chi connectivity index (χ3v) is 7.84. The lowest BCUT2D eigenvalue weighted by Crippen LogP contribution is -2.46. The number of nitrogens with zero attached hydrogens (tertiary/aromatic N) is 2. The van der Waals surface area contributed by atoms with Crippen LogP contribution in [0.15, 0.2) is 65.7 Å². The Morgan fingerprint density at radius 3 is 2.44 bits per heavy atom. The molecule has 204 valence electrons. The van der Waals surface area contributed by atoms with Crippen molar-refractivity contribution in [3.8, 4) is 17.2 Å². The van der Waals surface area contributed by atoms with Gasteiger partial charge in [0.1, 0.15) is 11.0 Å². The van der Waals surface area contributed by atoms with E-state index in [1.54, 1.807) is 62.6 Å². The molecule has 1 fully saturated rings. The molecular formula is C29H30ClN3O5S. The van der Waals surface area contributed by atoms with E-state index in [9.17, 15) is 9.59 Å². The molecule has 3 aromatic rings. The highest BCUT2D eigenvalue weighted by molar-refractivity contribution is 8.15. The van der Waals surface area contributed by atoms with Crippen LogP contribution < -0.4 is 19.5 Å². The summed E-state index contributed by atoms with van der Waals surface area (Å²) in [7, 11) is 4.77. The molecule has 0 radical (unpaired) electrons. The Kier molecular flexibility index (Phi) is 9.37. The van der Waals surface area contributed by atoms with Gasteiger partial charge in [0.2, 0.25) is 11.8 Å². The maximum atomic E-state index is 13.4. The molecule has 1 aliphatic heterocycles. The zero-order valence-corrected chi connectivity index (χ0v) is 23.8. The van der Waals surface area contributed by atoms with Gasteiger partial charge in [-0.3, -0.25) is 14.5 Å². The van der Waals surface area contributed by atoms with E-state index < -0.39 is 5.25 Å². The number of methoxy groups -OCH3 is 3. The van der Waals surface area contributed by atoms with Crippen LogP contribution in [0.5, 0.6) is 17.2 Å². The molecule has 1 saturated heterocycles. The highest BCUT2D eigenvalue weighted by atomic mass is 35.5. The number of halogens is 1. The Morgan fingerprint density at radius 1 is 1.03 bits per heavy atom. The smallest absolute Gasteiger partial charge is 0.238 e. The Hall–Kier alpha value is -3.69. The maximum absolute atomic E-state index is 13.4. The van der Waals surface area contributed by atoms with Crippen molar-refractivity contribution < 1.29 is 23.8 Å². The van der Waals surface area contributed by atoms with E-state index >= 15 is 0 Å². The van der Waals surface area contributed by atoms with Crippen LogP contribution in [0.25, 0.3) is 0 Å². The Bertz CT molecular complexity index is 1380. The molecule has 0 aliphatic carbocycles. The van der Waals surface area contributed by atoms with Gasteiger partial charge < -0.3 is 19.5 Å². The second-order valence-corrected chi connectivity index (χ2v) is 10.4. The zero-order valence-electron chi connectivity index (χ0n) is 22.2. The first kappa shape index (κ1) is 28.3. The molecule has 0 saturated carbocycles. The second-order valence-electron chi connectivity index (χ2n) is 8.84. The summed E-state index contributed by atoms with van der Waals surface area (Å²) < 4.78 is 16.0. The lowest BCUT2D eigenvalue weighted by molar-refractivity contribution is -0.129. The third-order valence-electron chi connectivity index (χ3n) is 6.24. The molecule has 1 heterocycles. The van der Waals surface area contributed by atoms with Gasteiger partial charge in [0, 0.05) is 23.7 Å². The number of aliphatic imine (C=N–C) groups is 1. The standard InChI is InChI=1S/C29H30ClN3O5S/c1-18-5-7-21(16-23(18)30)31-28(35)26-17-27(34)33(14-13-19-6-12-24(37-3)25(15-19)38-4)29(39-26)32-20-8-10-22(36-2)11-9-20/h5-12,15-16,26H,13-14,17H2,1-4H3,(H,31,35)/t26-/m1/s1. The van der Waals surface area contributed by atoms with Crippen LogP contribution in [-0.2, 0) is 16.0 Å². The van der Waals surface area contributed by atoms with Crippen LogP contribution >= 0.6 is 23.4 Å². The molecule has 0 unspecified atom stereocenters. The van der Waals surface area contributed by atoms with Gasteiger partial charge in [0.15, 0.2) is 16.7 Å². The predicted molar refractivity (Wildman–Crippen MR) is 156 cm³/mol. The summed E-state index contributed by atoms with van der Waals surface area (Å²) in [5.41, 5.74) is 3.11. The number of hydrogen-bond donors (Lipinski definition) is 1. The number of ether oxygens (including phenoxy) is 3. The molecular weight excluding hydrogens is 538 g/mol. The molecule has 1 aliphatic rings. The number of anilines is 1. The molecule has 1 N–H and O–H groups in total. The first-order valence-corrected chi connectivity index (χ1v) is 13.5. The van der Waals surface area contributed by atoms with Crippen molar-refractivity contribution in [2.45, 2.75) is 25.0 Å². The predicted octanol–water partition coefficient (Wildman–Crippen LogP) is 5.88. The van der Waals surface area contributed by atoms with Crippen molar-refractivity contribution in [3.63, 3.8) is 0 Å². The van der Waals surface area contributed by atoms with Gasteiger partial charge in [-0.15, -0.1) is 0 Å². The number of rotatable bonds is 9. The monoisotopic (exact) mass is 567 g/mol. The normalized spacial score (nSPS) is 16.2. The average molecular weight is 568 g/mol. The van der Waals surface area contributed by atoms with Gasteiger partial charge in [-0.05, 0) is 73.0 Å². The molecule has 8 nitrogen and oxygen atoms in total. The Balaban J connectivity index is 1.56. The fourth-order valence-corrected chi connectivity index (χ4v) is 5.30. The number of carbonyl (C=O) groups is 2. The molecule has 39 heavy (non-hydrogen) atoms. The quantitative estimate of drug-likeness (QED) is 0.347. The number of thioether (sulfide) groups is 1. The summed E-state index contributed by atoms with van der Waals surface area (Å²) in [5.74, 6) is 1.50. The van der Waals surface area contributed by atoms with E-state index in [1.807, 2.05) is 31.2 Å². The number of amidine groups is 1. The minimum Gasteiger partial charge on any atom is -0.497 e. The summed E-state index contributed by atoms with van der Waals surface area (Å²) in [6.45, 7) is 2.28. The van der Waals surface area contributed by atoms with Crippen LogP contribution in [0.1, 0.15) is 17.5 Å². The van der Waals surface area contributed by atoms with Crippen molar-refractivity contribution >= 4 is 51.7 Å². The van der Waals surface area contributed by atoms with Crippen LogP contribution in [-0.4, -0.2) is 55.0 Å². The van der Waals surface area contributed by atoms with E-state index in [4.69, 9.17) is 30.8 Å². The molecule has 10 heteroatoms. The average Bonchev–Trinajstić information content (AvgIpc) is 2.94. The first-order valence-electron chi connectivity index (χ1n) is 12.3. The van der Waals surface area contributed by atoms with E-state index in [0.29, 0.717) is 51.8 Å². The van der Waals surface area contributed by atoms with E-state index in [-0.39, 0.29) is 18.2 Å². The Morgan fingerprint density at radius 2 is 1.77 bits per heavy atom. The van der Waals surface area contributed by atoms with E-state index in [2.05, 4.69) is 5.32 Å². The lowest BCUT2D eigenvalue weighted by atomic mass is 10.1. The fourth-order valence-electron chi connectivity index (χ4n) is 4.00. The molecule has 0 spiro atoms. The largest absolute Gasteiger partial charge is 0.497 e. The minimum atomic E-state index is -0.646. The number of nitrogens with one attached hydrogen (secondary N) is 1. The van der Waals surface area contributed by atoms with Crippen molar-refractivity contribution in [3.05, 3.63) is 76.8 Å². The molecule has 1 atom stereocenters. The number of aryl methyl sites for hydroxylation is 1. The van der Waals surface area contributed by atoms with Crippen LogP contribution in [0.4, 0.5) is 11.4 Å². The highest BCUT2D eigenvalue weighted by Gasteiger charge is 2.36. The van der Waals surface area contributed by atoms with Crippen LogP contribution in [0.2, 0.25) is 5.02 Å². The molecule has 0 bridgehead atoms. The lowest BCUT2D eigenvalue weighted by Gasteiger charge is -2.32. The number of hydrogen-bond acceptors (Lipinski definition) is 7. The number of benzene rings is 3.